The number of benzene rings is 2. The fraction of sp³-hybridized carbons (Fsp3) is 0.0500. The fourth-order valence-corrected chi connectivity index (χ4v) is 3.07. The number of H-pyrrole nitrogens is 1. The van der Waals surface area contributed by atoms with Gasteiger partial charge in [-0.1, -0.05) is 12.1 Å². The van der Waals surface area contributed by atoms with Crippen molar-refractivity contribution in [2.75, 3.05) is 12.4 Å². The summed E-state index contributed by atoms with van der Waals surface area (Å²) in [5.41, 5.74) is -0.0690. The van der Waals surface area contributed by atoms with Gasteiger partial charge in [0.2, 0.25) is 0 Å². The van der Waals surface area contributed by atoms with Crippen LogP contribution in [0.3, 0.4) is 0 Å². The number of carbonyl (C=O) groups is 2. The molecule has 0 aliphatic rings. The van der Waals surface area contributed by atoms with E-state index in [1.54, 1.807) is 24.3 Å². The summed E-state index contributed by atoms with van der Waals surface area (Å²) in [5.74, 6) is -1.52. The third-order valence-electron chi connectivity index (χ3n) is 4.56. The smallest absolute Gasteiger partial charge is 0.338 e. The first-order valence-corrected chi connectivity index (χ1v) is 9.09. The van der Waals surface area contributed by atoms with E-state index in [4.69, 9.17) is 0 Å². The van der Waals surface area contributed by atoms with E-state index in [0.29, 0.717) is 11.4 Å². The highest BCUT2D eigenvalue weighted by Crippen LogP contribution is 2.24. The van der Waals surface area contributed by atoms with Crippen molar-refractivity contribution in [1.29, 1.82) is 0 Å². The molecule has 2 N–H and O–H groups in total. The number of anilines is 1. The average Bonchev–Trinajstić information content (AvgIpc) is 3.24. The Morgan fingerprint density at radius 3 is 2.69 bits per heavy atom. The number of rotatable bonds is 5. The summed E-state index contributed by atoms with van der Waals surface area (Å²) in [4.78, 5) is 53.8. The molecule has 0 radical (unpaired) electrons. The molecule has 0 aliphatic carbocycles. The second-order valence-corrected chi connectivity index (χ2v) is 6.51. The van der Waals surface area contributed by atoms with Crippen LogP contribution in [0.15, 0.2) is 59.8 Å². The molecule has 0 spiro atoms. The zero-order valence-corrected chi connectivity index (χ0v) is 16.4. The SMILES string of the molecule is COC(=O)c1cc(C(=O)Nc2ccccc2-n2ncc3c(=O)[nH]cnc32)cc([N+](=O)[O-])c1. The van der Waals surface area contributed by atoms with Crippen molar-refractivity contribution < 1.29 is 19.2 Å². The zero-order chi connectivity index (χ0) is 22.8. The van der Waals surface area contributed by atoms with Crippen molar-refractivity contribution in [3.05, 3.63) is 86.6 Å². The highest BCUT2D eigenvalue weighted by molar-refractivity contribution is 6.07. The molecule has 0 aliphatic heterocycles. The van der Waals surface area contributed by atoms with Crippen LogP contribution in [-0.4, -0.2) is 43.7 Å². The van der Waals surface area contributed by atoms with Gasteiger partial charge in [-0.25, -0.2) is 14.5 Å². The predicted molar refractivity (Wildman–Crippen MR) is 112 cm³/mol. The minimum Gasteiger partial charge on any atom is -0.465 e. The maximum Gasteiger partial charge on any atom is 0.338 e. The Bertz CT molecular complexity index is 1440. The summed E-state index contributed by atoms with van der Waals surface area (Å²) in [5, 5.41) is 18.3. The number of non-ortho nitro benzene ring substituents is 1. The Kier molecular flexibility index (Phi) is 5.17. The van der Waals surface area contributed by atoms with E-state index in [1.165, 1.54) is 23.3 Å². The van der Waals surface area contributed by atoms with E-state index in [-0.39, 0.29) is 27.7 Å². The van der Waals surface area contributed by atoms with Crippen molar-refractivity contribution in [3.63, 3.8) is 0 Å². The first-order valence-electron chi connectivity index (χ1n) is 9.09. The van der Waals surface area contributed by atoms with Gasteiger partial charge in [-0.2, -0.15) is 5.10 Å². The van der Waals surface area contributed by atoms with E-state index >= 15 is 0 Å². The molecule has 0 atom stereocenters. The topological polar surface area (TPSA) is 162 Å². The van der Waals surface area contributed by atoms with Gasteiger partial charge in [-0.15, -0.1) is 0 Å². The van der Waals surface area contributed by atoms with Gasteiger partial charge in [0.1, 0.15) is 5.39 Å². The number of hydrogen-bond acceptors (Lipinski definition) is 8. The third-order valence-corrected chi connectivity index (χ3v) is 4.56. The Morgan fingerprint density at radius 2 is 1.94 bits per heavy atom. The van der Waals surface area contributed by atoms with Crippen LogP contribution < -0.4 is 10.9 Å². The molecule has 2 aromatic heterocycles. The monoisotopic (exact) mass is 434 g/mol. The van der Waals surface area contributed by atoms with Gasteiger partial charge in [-0.3, -0.25) is 19.7 Å². The van der Waals surface area contributed by atoms with Gasteiger partial charge >= 0.3 is 5.97 Å². The molecule has 0 unspecified atom stereocenters. The molecule has 12 heteroatoms. The van der Waals surface area contributed by atoms with Crippen LogP contribution in [0, 0.1) is 10.1 Å². The quantitative estimate of drug-likeness (QED) is 0.274. The first-order chi connectivity index (χ1) is 15.4. The lowest BCUT2D eigenvalue weighted by atomic mass is 10.1. The molecule has 2 aromatic carbocycles. The molecule has 2 heterocycles. The summed E-state index contributed by atoms with van der Waals surface area (Å²) < 4.78 is 5.99. The highest BCUT2D eigenvalue weighted by atomic mass is 16.6. The number of aromatic nitrogens is 4. The predicted octanol–water partition coefficient (Wildman–Crippen LogP) is 2.06. The number of fused-ring (bicyclic) bond motifs is 1. The van der Waals surface area contributed by atoms with Crippen LogP contribution in [0.5, 0.6) is 0 Å². The maximum atomic E-state index is 12.9. The molecule has 0 fully saturated rings. The first kappa shape index (κ1) is 20.4. The summed E-state index contributed by atoms with van der Waals surface area (Å²) in [6.45, 7) is 0. The normalized spacial score (nSPS) is 10.7. The van der Waals surface area contributed by atoms with Crippen molar-refractivity contribution >= 4 is 34.3 Å². The van der Waals surface area contributed by atoms with Crippen molar-refractivity contribution in [1.82, 2.24) is 19.7 Å². The molecule has 0 saturated carbocycles. The largest absolute Gasteiger partial charge is 0.465 e. The molecule has 160 valence electrons. The van der Waals surface area contributed by atoms with Crippen molar-refractivity contribution in [2.24, 2.45) is 0 Å². The van der Waals surface area contributed by atoms with E-state index in [0.717, 1.165) is 19.2 Å². The van der Waals surface area contributed by atoms with Crippen LogP contribution in [0.1, 0.15) is 20.7 Å². The number of para-hydroxylation sites is 2. The van der Waals surface area contributed by atoms with Crippen molar-refractivity contribution in [3.8, 4) is 5.69 Å². The molecular formula is C20H14N6O6. The molecule has 0 saturated heterocycles. The summed E-state index contributed by atoms with van der Waals surface area (Å²) in [6, 6.07) is 9.88. The number of nitrogens with one attached hydrogen (secondary N) is 2. The lowest BCUT2D eigenvalue weighted by Gasteiger charge is -2.12. The minimum absolute atomic E-state index is 0.116. The Balaban J connectivity index is 1.75. The van der Waals surface area contributed by atoms with E-state index < -0.39 is 22.5 Å². The molecule has 4 rings (SSSR count). The molecule has 1 amide bonds. The number of amides is 1. The summed E-state index contributed by atoms with van der Waals surface area (Å²) in [7, 11) is 1.13. The number of carbonyl (C=O) groups excluding carboxylic acids is 2. The highest BCUT2D eigenvalue weighted by Gasteiger charge is 2.20. The standard InChI is InChI=1S/C20H14N6O6/c1-32-20(29)12-6-11(7-13(8-12)26(30)31)18(27)24-15-4-2-3-5-16(15)25-17-14(9-23-25)19(28)22-10-21-17/h2-10H,1H3,(H,24,27)(H,21,22,28). The summed E-state index contributed by atoms with van der Waals surface area (Å²) >= 11 is 0. The Hall–Kier alpha value is -4.87. The van der Waals surface area contributed by atoms with Crippen LogP contribution in [0.4, 0.5) is 11.4 Å². The van der Waals surface area contributed by atoms with Crippen LogP contribution in [0.25, 0.3) is 16.7 Å². The van der Waals surface area contributed by atoms with Crippen LogP contribution in [0.2, 0.25) is 0 Å². The second-order valence-electron chi connectivity index (χ2n) is 6.51. The van der Waals surface area contributed by atoms with E-state index in [9.17, 15) is 24.5 Å². The fourth-order valence-electron chi connectivity index (χ4n) is 3.07. The van der Waals surface area contributed by atoms with Gasteiger partial charge < -0.3 is 15.0 Å². The van der Waals surface area contributed by atoms with E-state index in [2.05, 4.69) is 25.1 Å². The zero-order valence-electron chi connectivity index (χ0n) is 16.4. The van der Waals surface area contributed by atoms with Crippen molar-refractivity contribution in [2.45, 2.75) is 0 Å². The number of nitrogens with zero attached hydrogens (tertiary/aromatic N) is 4. The minimum atomic E-state index is -0.817. The lowest BCUT2D eigenvalue weighted by molar-refractivity contribution is -0.384. The average molecular weight is 434 g/mol. The van der Waals surface area contributed by atoms with Gasteiger partial charge in [0.25, 0.3) is 17.2 Å². The van der Waals surface area contributed by atoms with Gasteiger partial charge in [0, 0.05) is 17.7 Å². The number of nitro groups is 1. The molecule has 4 aromatic rings. The Morgan fingerprint density at radius 1 is 1.19 bits per heavy atom. The van der Waals surface area contributed by atoms with Gasteiger partial charge in [0.05, 0.1) is 41.5 Å². The number of ether oxygens (including phenoxy) is 1. The molecule has 12 nitrogen and oxygen atoms in total. The van der Waals surface area contributed by atoms with Crippen LogP contribution in [-0.2, 0) is 4.74 Å². The number of esters is 1. The third kappa shape index (κ3) is 3.67. The number of aromatic amines is 1. The Labute approximate surface area is 178 Å². The van der Waals surface area contributed by atoms with E-state index in [1.807, 2.05) is 0 Å². The maximum absolute atomic E-state index is 12.9. The van der Waals surface area contributed by atoms with Gasteiger partial charge in [0.15, 0.2) is 5.65 Å². The van der Waals surface area contributed by atoms with Crippen LogP contribution >= 0.6 is 0 Å². The van der Waals surface area contributed by atoms with Gasteiger partial charge in [-0.05, 0) is 18.2 Å². The molecule has 0 bridgehead atoms. The lowest BCUT2D eigenvalue weighted by Crippen LogP contribution is -2.16. The molecular weight excluding hydrogens is 420 g/mol. The second kappa shape index (κ2) is 8.10. The number of hydrogen-bond donors (Lipinski definition) is 2. The number of methoxy groups -OCH3 is 1. The molecule has 32 heavy (non-hydrogen) atoms. The number of nitro benzene ring substituents is 1. The summed E-state index contributed by atoms with van der Waals surface area (Å²) in [6.07, 6.45) is 2.59.